The summed E-state index contributed by atoms with van der Waals surface area (Å²) < 4.78 is 11.4. The molecule has 2 heterocycles. The van der Waals surface area contributed by atoms with Crippen LogP contribution in [0, 0.1) is 0 Å². The summed E-state index contributed by atoms with van der Waals surface area (Å²) in [4.78, 5) is 10.8. The van der Waals surface area contributed by atoms with Crippen molar-refractivity contribution in [2.75, 3.05) is 13.2 Å². The molecule has 0 N–H and O–H groups in total. The van der Waals surface area contributed by atoms with E-state index < -0.39 is 0 Å². The Hall–Kier alpha value is -2.44. The van der Waals surface area contributed by atoms with Gasteiger partial charge in [-0.2, -0.15) is 0 Å². The molecule has 2 aliphatic rings. The van der Waals surface area contributed by atoms with E-state index >= 15 is 0 Å². The van der Waals surface area contributed by atoms with Gasteiger partial charge in [0, 0.05) is 0 Å². The van der Waals surface area contributed by atoms with Crippen molar-refractivity contribution in [3.05, 3.63) is 71.8 Å². The number of hydrogen-bond donors (Lipinski definition) is 0. The summed E-state index contributed by atoms with van der Waals surface area (Å²) in [7, 11) is 0. The van der Waals surface area contributed by atoms with E-state index in [2.05, 4.69) is 9.98 Å². The summed E-state index contributed by atoms with van der Waals surface area (Å²) in [5, 5.41) is 0. The minimum atomic E-state index is -0.138. The molecule has 6 heteroatoms. The molecule has 2 aliphatic heterocycles. The van der Waals surface area contributed by atoms with Crippen LogP contribution in [-0.4, -0.2) is 46.8 Å². The van der Waals surface area contributed by atoms with Crippen molar-refractivity contribution in [3.8, 4) is 0 Å². The van der Waals surface area contributed by atoms with Crippen molar-refractivity contribution in [1.29, 1.82) is 0 Å². The van der Waals surface area contributed by atoms with Gasteiger partial charge >= 0.3 is 0 Å². The van der Waals surface area contributed by atoms with Crippen LogP contribution in [0.1, 0.15) is 17.5 Å². The molecule has 4 rings (SSSR count). The van der Waals surface area contributed by atoms with E-state index in [0.717, 1.165) is 20.9 Å². The Morgan fingerprint density at radius 3 is 1.56 bits per heavy atom. The van der Waals surface area contributed by atoms with Crippen molar-refractivity contribution < 1.29 is 9.47 Å². The lowest BCUT2D eigenvalue weighted by molar-refractivity contribution is 0.315. The standard InChI is InChI=1S/C21H18N2O2S2/c26-20(14-7-3-1-4-8-14)16-12-24-18(22-16)11-19-23-17(13-25-19)21(27)15-9-5-2-6-10-15/h1-10,16-17H,11-13H2. The first-order chi connectivity index (χ1) is 13.2. The molecule has 2 unspecified atom stereocenters. The maximum Gasteiger partial charge on any atom is 0.193 e. The van der Waals surface area contributed by atoms with Gasteiger partial charge in [-0.1, -0.05) is 85.1 Å². The van der Waals surface area contributed by atoms with Gasteiger partial charge in [-0.15, -0.1) is 0 Å². The highest BCUT2D eigenvalue weighted by atomic mass is 32.1. The molecule has 27 heavy (non-hydrogen) atoms. The van der Waals surface area contributed by atoms with Gasteiger partial charge in [-0.05, 0) is 11.1 Å². The maximum atomic E-state index is 5.72. The van der Waals surface area contributed by atoms with Crippen molar-refractivity contribution in [1.82, 2.24) is 0 Å². The summed E-state index contributed by atoms with van der Waals surface area (Å²) in [6.07, 6.45) is 0.432. The molecule has 136 valence electrons. The molecule has 0 spiro atoms. The van der Waals surface area contributed by atoms with E-state index in [1.165, 1.54) is 0 Å². The maximum absolute atomic E-state index is 5.72. The minimum Gasteiger partial charge on any atom is -0.478 e. The largest absolute Gasteiger partial charge is 0.478 e. The number of thiocarbonyl (C=S) groups is 2. The Bertz CT molecular complexity index is 835. The van der Waals surface area contributed by atoms with Crippen LogP contribution in [0.2, 0.25) is 0 Å². The first-order valence-electron chi connectivity index (χ1n) is 8.78. The van der Waals surface area contributed by atoms with Gasteiger partial charge in [0.25, 0.3) is 0 Å². The van der Waals surface area contributed by atoms with Crippen molar-refractivity contribution in [2.24, 2.45) is 9.98 Å². The monoisotopic (exact) mass is 394 g/mol. The first kappa shape index (κ1) is 17.9. The number of hydrogen-bond acceptors (Lipinski definition) is 6. The molecule has 0 aliphatic carbocycles. The summed E-state index contributed by atoms with van der Waals surface area (Å²) in [6.45, 7) is 0.921. The van der Waals surface area contributed by atoms with Gasteiger partial charge < -0.3 is 9.47 Å². The molecule has 0 radical (unpaired) electrons. The number of nitrogens with zero attached hydrogens (tertiary/aromatic N) is 2. The van der Waals surface area contributed by atoms with Crippen LogP contribution in [0.15, 0.2) is 70.6 Å². The fourth-order valence-corrected chi connectivity index (χ4v) is 3.54. The molecule has 4 nitrogen and oxygen atoms in total. The Kier molecular flexibility index (Phi) is 5.36. The van der Waals surface area contributed by atoms with Crippen LogP contribution in [0.5, 0.6) is 0 Å². The predicted molar refractivity (Wildman–Crippen MR) is 115 cm³/mol. The number of rotatable bonds is 6. The van der Waals surface area contributed by atoms with Crippen molar-refractivity contribution in [2.45, 2.75) is 18.5 Å². The molecule has 2 atom stereocenters. The zero-order chi connectivity index (χ0) is 18.6. The second kappa shape index (κ2) is 8.06. The van der Waals surface area contributed by atoms with Crippen LogP contribution >= 0.6 is 24.4 Å². The van der Waals surface area contributed by atoms with E-state index in [1.807, 2.05) is 60.7 Å². The number of benzene rings is 2. The molecular formula is C21H18N2O2S2. The van der Waals surface area contributed by atoms with Crippen molar-refractivity contribution >= 4 is 46.0 Å². The molecule has 0 fully saturated rings. The highest BCUT2D eigenvalue weighted by Gasteiger charge is 2.28. The topological polar surface area (TPSA) is 43.2 Å². The summed E-state index contributed by atoms with van der Waals surface area (Å²) in [5.41, 5.74) is 2.02. The molecular weight excluding hydrogens is 376 g/mol. The molecule has 2 aromatic carbocycles. The van der Waals surface area contributed by atoms with Crippen LogP contribution < -0.4 is 0 Å². The fraction of sp³-hybridized carbons (Fsp3) is 0.238. The lowest BCUT2D eigenvalue weighted by atomic mass is 10.1. The summed E-state index contributed by atoms with van der Waals surface area (Å²) in [5.74, 6) is 1.23. The lowest BCUT2D eigenvalue weighted by Gasteiger charge is -2.06. The van der Waals surface area contributed by atoms with Gasteiger partial charge in [0.15, 0.2) is 11.8 Å². The van der Waals surface area contributed by atoms with Gasteiger partial charge in [0.2, 0.25) is 0 Å². The highest BCUT2D eigenvalue weighted by molar-refractivity contribution is 7.81. The SMILES string of the molecule is S=C(c1ccccc1)C1COC(CC2=NC(C(=S)c3ccccc3)CO2)=N1. The van der Waals surface area contributed by atoms with Gasteiger partial charge in [-0.3, -0.25) is 0 Å². The fourth-order valence-electron chi connectivity index (χ4n) is 3.03. The van der Waals surface area contributed by atoms with E-state index in [0.29, 0.717) is 31.4 Å². The number of aliphatic imine (C=N–C) groups is 2. The normalized spacial score (nSPS) is 21.0. The summed E-state index contributed by atoms with van der Waals surface area (Å²) in [6, 6.07) is 19.5. The molecule has 0 saturated heterocycles. The quantitative estimate of drug-likeness (QED) is 0.552. The van der Waals surface area contributed by atoms with Crippen LogP contribution in [-0.2, 0) is 9.47 Å². The van der Waals surface area contributed by atoms with Crippen molar-refractivity contribution in [3.63, 3.8) is 0 Å². The third-order valence-corrected chi connectivity index (χ3v) is 5.46. The lowest BCUT2D eigenvalue weighted by Crippen LogP contribution is -2.18. The van der Waals surface area contributed by atoms with Crippen LogP contribution in [0.3, 0.4) is 0 Å². The third kappa shape index (κ3) is 4.12. The molecule has 0 saturated carbocycles. The second-order valence-corrected chi connectivity index (χ2v) is 7.22. The van der Waals surface area contributed by atoms with Crippen LogP contribution in [0.4, 0.5) is 0 Å². The van der Waals surface area contributed by atoms with E-state index in [9.17, 15) is 0 Å². The minimum absolute atomic E-state index is 0.138. The second-order valence-electron chi connectivity index (χ2n) is 6.34. The number of ether oxygens (including phenoxy) is 2. The Balaban J connectivity index is 1.40. The van der Waals surface area contributed by atoms with Gasteiger partial charge in [0.05, 0.1) is 16.1 Å². The van der Waals surface area contributed by atoms with Gasteiger partial charge in [0.1, 0.15) is 25.3 Å². The first-order valence-corrected chi connectivity index (χ1v) is 9.60. The average Bonchev–Trinajstić information content (AvgIpc) is 3.38. The predicted octanol–water partition coefficient (Wildman–Crippen LogP) is 3.81. The average molecular weight is 395 g/mol. The smallest absolute Gasteiger partial charge is 0.193 e. The molecule has 0 amide bonds. The molecule has 0 aromatic heterocycles. The molecule has 0 bridgehead atoms. The Morgan fingerprint density at radius 1 is 0.741 bits per heavy atom. The zero-order valence-electron chi connectivity index (χ0n) is 14.6. The third-order valence-electron chi connectivity index (χ3n) is 4.44. The summed E-state index contributed by atoms with van der Waals surface area (Å²) >= 11 is 11.1. The van der Waals surface area contributed by atoms with Gasteiger partial charge in [-0.25, -0.2) is 9.98 Å². The zero-order valence-corrected chi connectivity index (χ0v) is 16.2. The highest BCUT2D eigenvalue weighted by Crippen LogP contribution is 2.18. The Labute approximate surface area is 168 Å². The van der Waals surface area contributed by atoms with Crippen LogP contribution in [0.25, 0.3) is 0 Å². The molecule has 2 aromatic rings. The van der Waals surface area contributed by atoms with E-state index in [4.69, 9.17) is 33.9 Å². The van der Waals surface area contributed by atoms with E-state index in [-0.39, 0.29) is 12.1 Å². The Morgan fingerprint density at radius 2 is 1.15 bits per heavy atom. The van der Waals surface area contributed by atoms with E-state index in [1.54, 1.807) is 0 Å².